The first-order valence-electron chi connectivity index (χ1n) is 8.67. The first kappa shape index (κ1) is 15.6. The number of hydrogen-bond donors (Lipinski definition) is 1. The van der Waals surface area contributed by atoms with Gasteiger partial charge in [0.2, 0.25) is 5.95 Å². The van der Waals surface area contributed by atoms with Gasteiger partial charge in [0.1, 0.15) is 5.82 Å². The Morgan fingerprint density at radius 2 is 1.76 bits per heavy atom. The quantitative estimate of drug-likeness (QED) is 0.588. The number of para-hydroxylation sites is 1. The Hall–Kier alpha value is -2.95. The van der Waals surface area contributed by atoms with E-state index in [0.717, 1.165) is 40.4 Å². The largest absolute Gasteiger partial charge is 0.325 e. The van der Waals surface area contributed by atoms with Crippen LogP contribution in [0.4, 0.5) is 11.6 Å². The third-order valence-electron chi connectivity index (χ3n) is 4.46. The van der Waals surface area contributed by atoms with Gasteiger partial charge in [0.05, 0.1) is 5.52 Å². The van der Waals surface area contributed by atoms with E-state index in [1.807, 2.05) is 28.7 Å². The van der Waals surface area contributed by atoms with E-state index >= 15 is 0 Å². The second-order valence-electron chi connectivity index (χ2n) is 6.48. The summed E-state index contributed by atoms with van der Waals surface area (Å²) in [6.45, 7) is 6.47. The van der Waals surface area contributed by atoms with Crippen molar-refractivity contribution >= 4 is 28.2 Å². The minimum absolute atomic E-state index is 0.518. The third-order valence-corrected chi connectivity index (χ3v) is 4.46. The summed E-state index contributed by atoms with van der Waals surface area (Å²) in [7, 11) is 0. The average molecular weight is 331 g/mol. The Labute approximate surface area is 146 Å². The average Bonchev–Trinajstić information content (AvgIpc) is 3.07. The number of rotatable bonds is 4. The smallest absolute Gasteiger partial charge is 0.215 e. The molecule has 4 aromatic rings. The van der Waals surface area contributed by atoms with Gasteiger partial charge in [-0.2, -0.15) is 0 Å². The Balaban J connectivity index is 1.85. The van der Waals surface area contributed by atoms with E-state index in [2.05, 4.69) is 60.6 Å². The zero-order valence-corrected chi connectivity index (χ0v) is 14.7. The number of fused-ring (bicyclic) bond motifs is 3. The van der Waals surface area contributed by atoms with Gasteiger partial charge in [0, 0.05) is 17.5 Å². The Kier molecular flexibility index (Phi) is 3.84. The van der Waals surface area contributed by atoms with E-state index in [-0.39, 0.29) is 0 Å². The van der Waals surface area contributed by atoms with Crippen LogP contribution in [0.15, 0.2) is 48.5 Å². The van der Waals surface area contributed by atoms with Crippen LogP contribution in [0.5, 0.6) is 0 Å². The predicted molar refractivity (Wildman–Crippen MR) is 101 cm³/mol. The molecule has 0 radical (unpaired) electrons. The maximum absolute atomic E-state index is 4.81. The molecule has 0 aliphatic heterocycles. The van der Waals surface area contributed by atoms with E-state index in [4.69, 9.17) is 4.98 Å². The number of hydrogen-bond acceptors (Lipinski definition) is 4. The highest BCUT2D eigenvalue weighted by molar-refractivity contribution is 5.92. The number of nitrogens with zero attached hydrogens (tertiary/aromatic N) is 4. The molecule has 5 heteroatoms. The molecule has 5 nitrogen and oxygen atoms in total. The lowest BCUT2D eigenvalue weighted by Crippen LogP contribution is -2.05. The van der Waals surface area contributed by atoms with Gasteiger partial charge < -0.3 is 5.32 Å². The Morgan fingerprint density at radius 1 is 1.00 bits per heavy atom. The summed E-state index contributed by atoms with van der Waals surface area (Å²) >= 11 is 0. The molecule has 0 spiro atoms. The van der Waals surface area contributed by atoms with Crippen LogP contribution in [0.2, 0.25) is 0 Å². The van der Waals surface area contributed by atoms with Crippen LogP contribution >= 0.6 is 0 Å². The minimum atomic E-state index is 0.518. The van der Waals surface area contributed by atoms with Crippen molar-refractivity contribution in [3.05, 3.63) is 59.9 Å². The van der Waals surface area contributed by atoms with Crippen molar-refractivity contribution in [2.45, 2.75) is 33.1 Å². The zero-order valence-electron chi connectivity index (χ0n) is 14.7. The summed E-state index contributed by atoms with van der Waals surface area (Å²) in [5.74, 6) is 2.16. The molecule has 2 aromatic heterocycles. The first-order chi connectivity index (χ1) is 12.2. The number of nitrogens with one attached hydrogen (secondary N) is 1. The summed E-state index contributed by atoms with van der Waals surface area (Å²) in [6.07, 6.45) is 0.794. The maximum Gasteiger partial charge on any atom is 0.215 e. The van der Waals surface area contributed by atoms with Crippen molar-refractivity contribution in [1.82, 2.24) is 19.6 Å². The van der Waals surface area contributed by atoms with Crippen LogP contribution in [-0.4, -0.2) is 19.6 Å². The number of aromatic nitrogens is 4. The lowest BCUT2D eigenvalue weighted by Gasteiger charge is -2.12. The fourth-order valence-corrected chi connectivity index (χ4v) is 3.03. The SMILES string of the molecule is CCc1nnc2c3ccccc3nc(Nc3ccc(C(C)C)cc3)n12. The molecule has 4 rings (SSSR count). The van der Waals surface area contributed by atoms with Gasteiger partial charge in [-0.1, -0.05) is 45.0 Å². The van der Waals surface area contributed by atoms with E-state index in [1.54, 1.807) is 0 Å². The molecule has 0 saturated heterocycles. The lowest BCUT2D eigenvalue weighted by atomic mass is 10.0. The lowest BCUT2D eigenvalue weighted by molar-refractivity contribution is 0.867. The Bertz CT molecular complexity index is 1030. The van der Waals surface area contributed by atoms with E-state index in [9.17, 15) is 0 Å². The van der Waals surface area contributed by atoms with Gasteiger partial charge in [-0.05, 0) is 35.7 Å². The molecule has 2 heterocycles. The molecule has 25 heavy (non-hydrogen) atoms. The second kappa shape index (κ2) is 6.16. The van der Waals surface area contributed by atoms with Gasteiger partial charge in [-0.25, -0.2) is 9.38 Å². The predicted octanol–water partition coefficient (Wildman–Crippen LogP) is 4.71. The van der Waals surface area contributed by atoms with Gasteiger partial charge in [-0.15, -0.1) is 10.2 Å². The first-order valence-corrected chi connectivity index (χ1v) is 8.67. The molecule has 1 N–H and O–H groups in total. The molecule has 0 unspecified atom stereocenters. The van der Waals surface area contributed by atoms with Gasteiger partial charge >= 0.3 is 0 Å². The topological polar surface area (TPSA) is 55.1 Å². The van der Waals surface area contributed by atoms with Crippen LogP contribution in [-0.2, 0) is 6.42 Å². The van der Waals surface area contributed by atoms with Crippen LogP contribution in [0.25, 0.3) is 16.6 Å². The van der Waals surface area contributed by atoms with Gasteiger partial charge in [-0.3, -0.25) is 0 Å². The molecule has 0 bridgehead atoms. The monoisotopic (exact) mass is 331 g/mol. The second-order valence-corrected chi connectivity index (χ2v) is 6.48. The van der Waals surface area contributed by atoms with E-state index in [0.29, 0.717) is 5.92 Å². The molecular weight excluding hydrogens is 310 g/mol. The highest BCUT2D eigenvalue weighted by atomic mass is 15.3. The molecule has 2 aromatic carbocycles. The third kappa shape index (κ3) is 2.71. The highest BCUT2D eigenvalue weighted by Crippen LogP contribution is 2.25. The van der Waals surface area contributed by atoms with Crippen molar-refractivity contribution in [2.75, 3.05) is 5.32 Å². The summed E-state index contributed by atoms with van der Waals surface area (Å²) in [5.41, 5.74) is 4.07. The summed E-state index contributed by atoms with van der Waals surface area (Å²) in [6, 6.07) is 16.5. The highest BCUT2D eigenvalue weighted by Gasteiger charge is 2.14. The van der Waals surface area contributed by atoms with Gasteiger partial charge in [0.15, 0.2) is 5.65 Å². The molecule has 0 amide bonds. The number of aryl methyl sites for hydroxylation is 1. The van der Waals surface area contributed by atoms with Crippen LogP contribution in [0, 0.1) is 0 Å². The fourth-order valence-electron chi connectivity index (χ4n) is 3.03. The molecule has 0 aliphatic carbocycles. The van der Waals surface area contributed by atoms with Crippen molar-refractivity contribution < 1.29 is 0 Å². The van der Waals surface area contributed by atoms with Crippen molar-refractivity contribution in [3.8, 4) is 0 Å². The molecule has 0 saturated carbocycles. The molecule has 126 valence electrons. The summed E-state index contributed by atoms with van der Waals surface area (Å²) in [4.78, 5) is 4.81. The number of benzene rings is 2. The van der Waals surface area contributed by atoms with Crippen molar-refractivity contribution in [2.24, 2.45) is 0 Å². The maximum atomic E-state index is 4.81. The zero-order chi connectivity index (χ0) is 17.4. The normalized spacial score (nSPS) is 11.5. The minimum Gasteiger partial charge on any atom is -0.325 e. The van der Waals surface area contributed by atoms with Crippen LogP contribution in [0.3, 0.4) is 0 Å². The fraction of sp³-hybridized carbons (Fsp3) is 0.250. The van der Waals surface area contributed by atoms with Crippen LogP contribution < -0.4 is 5.32 Å². The summed E-state index contributed by atoms with van der Waals surface area (Å²) < 4.78 is 2.01. The van der Waals surface area contributed by atoms with Crippen molar-refractivity contribution in [3.63, 3.8) is 0 Å². The molecule has 0 aliphatic rings. The standard InChI is InChI=1S/C20H21N5/c1-4-18-23-24-19-16-7-5-6-8-17(16)22-20(25(18)19)21-15-11-9-14(10-12-15)13(2)3/h5-13H,4H2,1-3H3,(H,21,22). The van der Waals surface area contributed by atoms with E-state index in [1.165, 1.54) is 5.56 Å². The summed E-state index contributed by atoms with van der Waals surface area (Å²) in [5, 5.41) is 13.2. The molecule has 0 fully saturated rings. The van der Waals surface area contributed by atoms with E-state index < -0.39 is 0 Å². The van der Waals surface area contributed by atoms with Crippen molar-refractivity contribution in [1.29, 1.82) is 0 Å². The van der Waals surface area contributed by atoms with Gasteiger partial charge in [0.25, 0.3) is 0 Å². The molecule has 0 atom stereocenters. The molecular formula is C20H21N5. The van der Waals surface area contributed by atoms with Crippen LogP contribution in [0.1, 0.15) is 38.1 Å². The number of anilines is 2. The Morgan fingerprint density at radius 3 is 2.48 bits per heavy atom.